The third-order valence-electron chi connectivity index (χ3n) is 6.26. The van der Waals surface area contributed by atoms with E-state index in [2.05, 4.69) is 10.6 Å². The molecule has 0 radical (unpaired) electrons. The molecule has 0 spiro atoms. The minimum Gasteiger partial charge on any atom is -0.388 e. The predicted octanol–water partition coefficient (Wildman–Crippen LogP) is 0.483. The van der Waals surface area contributed by atoms with E-state index in [-0.39, 0.29) is 17.9 Å². The number of thioether (sulfide) groups is 1. The van der Waals surface area contributed by atoms with E-state index < -0.39 is 35.9 Å². The van der Waals surface area contributed by atoms with Crippen molar-refractivity contribution in [1.29, 1.82) is 0 Å². The Bertz CT molecular complexity index is 524. The first kappa shape index (κ1) is 25.8. The minimum absolute atomic E-state index is 0.0213. The fraction of sp³-hybridized carbons (Fsp3) is 0.952. The number of aliphatic hydroxyl groups is 3. The third kappa shape index (κ3) is 6.79. The van der Waals surface area contributed by atoms with Gasteiger partial charge in [-0.2, -0.15) is 0 Å². The number of carbonyl (C=O) groups excluding carboxylic acids is 1. The monoisotopic (exact) mass is 448 g/mol. The number of rotatable bonds is 10. The zero-order valence-electron chi connectivity index (χ0n) is 18.6. The molecule has 8 unspecified atom stereocenters. The van der Waals surface area contributed by atoms with Crippen LogP contribution in [0.25, 0.3) is 0 Å². The van der Waals surface area contributed by atoms with Crippen LogP contribution >= 0.6 is 11.8 Å². The lowest BCUT2D eigenvalue weighted by molar-refractivity contribution is -0.208. The Morgan fingerprint density at radius 2 is 1.97 bits per heavy atom. The van der Waals surface area contributed by atoms with E-state index in [0.717, 1.165) is 45.3 Å². The predicted molar refractivity (Wildman–Crippen MR) is 117 cm³/mol. The highest BCUT2D eigenvalue weighted by atomic mass is 32.2. The van der Waals surface area contributed by atoms with Crippen LogP contribution in [0, 0.1) is 11.8 Å². The van der Waals surface area contributed by atoms with E-state index in [4.69, 9.17) is 9.47 Å². The van der Waals surface area contributed by atoms with Gasteiger partial charge in [0, 0.05) is 13.7 Å². The van der Waals surface area contributed by atoms with Gasteiger partial charge in [-0.15, -0.1) is 11.8 Å². The second-order valence-corrected chi connectivity index (χ2v) is 9.78. The van der Waals surface area contributed by atoms with Crippen molar-refractivity contribution in [3.05, 3.63) is 0 Å². The smallest absolute Gasteiger partial charge is 0.237 e. The summed E-state index contributed by atoms with van der Waals surface area (Å²) >= 11 is 1.27. The summed E-state index contributed by atoms with van der Waals surface area (Å²) in [6.07, 6.45) is 2.29. The highest BCUT2D eigenvalue weighted by Gasteiger charge is 2.47. The average molecular weight is 449 g/mol. The summed E-state index contributed by atoms with van der Waals surface area (Å²) in [6.45, 7) is 5.46. The van der Waals surface area contributed by atoms with E-state index in [1.54, 1.807) is 13.4 Å². The molecule has 0 aliphatic carbocycles. The van der Waals surface area contributed by atoms with Crippen molar-refractivity contribution in [2.45, 2.75) is 87.9 Å². The van der Waals surface area contributed by atoms with Gasteiger partial charge in [-0.25, -0.2) is 0 Å². The van der Waals surface area contributed by atoms with Gasteiger partial charge in [0.15, 0.2) is 0 Å². The van der Waals surface area contributed by atoms with E-state index in [0.29, 0.717) is 5.92 Å². The SMILES string of the molecule is COCCCCC1CCNC(C(=O)NC(C(C)C)C2OC(SC)C(O)C(O)C2O)C1. The first-order valence-electron chi connectivity index (χ1n) is 11.0. The number of ether oxygens (including phenoxy) is 2. The molecule has 2 aliphatic heterocycles. The maximum Gasteiger partial charge on any atom is 0.237 e. The molecule has 9 heteroatoms. The molecule has 2 fully saturated rings. The Kier molecular flexibility index (Phi) is 10.8. The highest BCUT2D eigenvalue weighted by Crippen LogP contribution is 2.30. The number of piperidine rings is 1. The van der Waals surface area contributed by atoms with Crippen molar-refractivity contribution < 1.29 is 29.6 Å². The van der Waals surface area contributed by atoms with Crippen LogP contribution in [0.3, 0.4) is 0 Å². The molecular weight excluding hydrogens is 408 g/mol. The normalized spacial score (nSPS) is 35.9. The first-order chi connectivity index (χ1) is 14.3. The molecule has 5 N–H and O–H groups in total. The van der Waals surface area contributed by atoms with Gasteiger partial charge in [0.25, 0.3) is 0 Å². The van der Waals surface area contributed by atoms with Crippen molar-refractivity contribution in [3.8, 4) is 0 Å². The van der Waals surface area contributed by atoms with Crippen LogP contribution in [0.4, 0.5) is 0 Å². The number of methoxy groups -OCH3 is 1. The molecule has 2 saturated heterocycles. The molecule has 8 nitrogen and oxygen atoms in total. The number of amides is 1. The van der Waals surface area contributed by atoms with Gasteiger partial charge in [0.2, 0.25) is 5.91 Å². The molecule has 2 heterocycles. The summed E-state index contributed by atoms with van der Waals surface area (Å²) in [7, 11) is 1.71. The van der Waals surface area contributed by atoms with Crippen LogP contribution in [0.15, 0.2) is 0 Å². The zero-order chi connectivity index (χ0) is 22.3. The van der Waals surface area contributed by atoms with Gasteiger partial charge in [0.1, 0.15) is 29.9 Å². The summed E-state index contributed by atoms with van der Waals surface area (Å²) in [5, 5.41) is 37.3. The first-order valence-corrected chi connectivity index (χ1v) is 12.3. The quantitative estimate of drug-likeness (QED) is 0.306. The van der Waals surface area contributed by atoms with E-state index in [9.17, 15) is 20.1 Å². The molecule has 0 bridgehead atoms. The topological polar surface area (TPSA) is 120 Å². The molecule has 30 heavy (non-hydrogen) atoms. The molecule has 0 aromatic heterocycles. The number of hydrogen-bond donors (Lipinski definition) is 5. The van der Waals surface area contributed by atoms with Crippen molar-refractivity contribution in [2.24, 2.45) is 11.8 Å². The van der Waals surface area contributed by atoms with Gasteiger partial charge < -0.3 is 35.4 Å². The zero-order valence-corrected chi connectivity index (χ0v) is 19.4. The van der Waals surface area contributed by atoms with E-state index in [1.807, 2.05) is 13.8 Å². The lowest BCUT2D eigenvalue weighted by Gasteiger charge is -2.44. The van der Waals surface area contributed by atoms with Gasteiger partial charge in [-0.1, -0.05) is 26.7 Å². The molecule has 8 atom stereocenters. The number of unbranched alkanes of at least 4 members (excludes halogenated alkanes) is 1. The second kappa shape index (κ2) is 12.6. The lowest BCUT2D eigenvalue weighted by Crippen LogP contribution is -2.65. The van der Waals surface area contributed by atoms with Gasteiger partial charge in [-0.3, -0.25) is 4.79 Å². The highest BCUT2D eigenvalue weighted by molar-refractivity contribution is 7.99. The lowest BCUT2D eigenvalue weighted by atomic mass is 9.86. The summed E-state index contributed by atoms with van der Waals surface area (Å²) in [5.41, 5.74) is -0.657. The Morgan fingerprint density at radius 1 is 1.23 bits per heavy atom. The van der Waals surface area contributed by atoms with E-state index >= 15 is 0 Å². The number of nitrogens with one attached hydrogen (secondary N) is 2. The summed E-state index contributed by atoms with van der Waals surface area (Å²) in [4.78, 5) is 13.0. The van der Waals surface area contributed by atoms with Crippen LogP contribution in [-0.4, -0.2) is 89.7 Å². The number of hydrogen-bond acceptors (Lipinski definition) is 8. The van der Waals surface area contributed by atoms with Gasteiger partial charge in [-0.05, 0) is 43.9 Å². The summed E-state index contributed by atoms with van der Waals surface area (Å²) in [5.74, 6) is 0.380. The molecule has 0 aromatic carbocycles. The molecule has 0 saturated carbocycles. The van der Waals surface area contributed by atoms with Crippen molar-refractivity contribution in [1.82, 2.24) is 10.6 Å². The maximum absolute atomic E-state index is 13.0. The van der Waals surface area contributed by atoms with Gasteiger partial charge >= 0.3 is 0 Å². The van der Waals surface area contributed by atoms with Crippen molar-refractivity contribution in [3.63, 3.8) is 0 Å². The summed E-state index contributed by atoms with van der Waals surface area (Å²) in [6, 6.07) is -0.756. The fourth-order valence-corrected chi connectivity index (χ4v) is 5.08. The second-order valence-electron chi connectivity index (χ2n) is 8.84. The summed E-state index contributed by atoms with van der Waals surface area (Å²) < 4.78 is 11.0. The van der Waals surface area contributed by atoms with Crippen LogP contribution in [0.5, 0.6) is 0 Å². The maximum atomic E-state index is 13.0. The minimum atomic E-state index is -1.32. The van der Waals surface area contributed by atoms with Crippen LogP contribution in [0.1, 0.15) is 46.0 Å². The molecule has 176 valence electrons. The van der Waals surface area contributed by atoms with Crippen LogP contribution < -0.4 is 10.6 Å². The van der Waals surface area contributed by atoms with Gasteiger partial charge in [0.05, 0.1) is 12.1 Å². The molecule has 0 aromatic rings. The third-order valence-corrected chi connectivity index (χ3v) is 7.11. The molecular formula is C21H40N2O6S. The largest absolute Gasteiger partial charge is 0.388 e. The van der Waals surface area contributed by atoms with Crippen LogP contribution in [0.2, 0.25) is 0 Å². The fourth-order valence-electron chi connectivity index (χ4n) is 4.40. The number of aliphatic hydroxyl groups excluding tert-OH is 3. The Morgan fingerprint density at radius 3 is 2.60 bits per heavy atom. The molecule has 2 aliphatic rings. The van der Waals surface area contributed by atoms with Crippen molar-refractivity contribution >= 4 is 17.7 Å². The Balaban J connectivity index is 1.97. The van der Waals surface area contributed by atoms with Crippen LogP contribution in [-0.2, 0) is 14.3 Å². The standard InChI is InChI=1S/C21H40N2O6S/c1-12(2)15(19-17(25)16(24)18(26)21(29-19)30-4)23-20(27)14-11-13(8-9-22-14)7-5-6-10-28-3/h12-19,21-22,24-26H,5-11H2,1-4H3,(H,23,27). The number of carbonyl (C=O) groups is 1. The van der Waals surface area contributed by atoms with E-state index in [1.165, 1.54) is 11.8 Å². The molecule has 2 rings (SSSR count). The van der Waals surface area contributed by atoms with Crippen molar-refractivity contribution in [2.75, 3.05) is 26.5 Å². The Labute approximate surface area is 184 Å². The molecule has 1 amide bonds. The Hall–Kier alpha value is -0.420. The average Bonchev–Trinajstić information content (AvgIpc) is 2.74.